The van der Waals surface area contributed by atoms with Crippen LogP contribution in [0.3, 0.4) is 0 Å². The van der Waals surface area contributed by atoms with Crippen LogP contribution in [0.1, 0.15) is 49.3 Å². The fourth-order valence-corrected chi connectivity index (χ4v) is 7.32. The number of methoxy groups -OCH3 is 1. The Morgan fingerprint density at radius 3 is 2.64 bits per heavy atom. The van der Waals surface area contributed by atoms with Crippen molar-refractivity contribution in [1.82, 2.24) is 19.4 Å². The van der Waals surface area contributed by atoms with Crippen LogP contribution in [0.5, 0.6) is 5.75 Å². The SMILES string of the molecule is CNC(=O)C1(n2c(=O)c3c(C)c(-c4ncco4)sc3n(CC(OC3CCOCC3)c3ccccc3OC)c2=O)CCC1. The van der Waals surface area contributed by atoms with E-state index < -0.39 is 22.9 Å². The Hall–Kier alpha value is -3.74. The molecule has 4 heterocycles. The van der Waals surface area contributed by atoms with E-state index in [-0.39, 0.29) is 18.6 Å². The Kier molecular flexibility index (Phi) is 7.77. The molecule has 0 bridgehead atoms. The van der Waals surface area contributed by atoms with Crippen LogP contribution < -0.4 is 21.3 Å². The fourth-order valence-electron chi connectivity index (χ4n) is 6.08. The number of nitrogens with one attached hydrogen (secondary N) is 1. The Balaban J connectivity index is 1.59. The highest BCUT2D eigenvalue weighted by atomic mass is 32.1. The van der Waals surface area contributed by atoms with Gasteiger partial charge in [0.1, 0.15) is 28.5 Å². The molecule has 3 aromatic heterocycles. The number of hydrogen-bond donors (Lipinski definition) is 1. The van der Waals surface area contributed by atoms with E-state index >= 15 is 0 Å². The molecule has 1 aliphatic carbocycles. The number of para-hydroxylation sites is 1. The maximum Gasteiger partial charge on any atom is 0.333 e. The third-order valence-electron chi connectivity index (χ3n) is 8.46. The summed E-state index contributed by atoms with van der Waals surface area (Å²) >= 11 is 1.27. The van der Waals surface area contributed by atoms with Crippen molar-refractivity contribution in [2.24, 2.45) is 0 Å². The molecule has 1 aromatic carbocycles. The number of oxazole rings is 1. The van der Waals surface area contributed by atoms with Gasteiger partial charge in [-0.1, -0.05) is 18.2 Å². The normalized spacial score (nSPS) is 17.6. The second-order valence-corrected chi connectivity index (χ2v) is 11.7. The van der Waals surface area contributed by atoms with Crippen LogP contribution in [0.2, 0.25) is 0 Å². The van der Waals surface area contributed by atoms with Crippen molar-refractivity contribution < 1.29 is 23.4 Å². The van der Waals surface area contributed by atoms with Crippen LogP contribution in [-0.2, 0) is 26.4 Å². The number of nitrogens with zero attached hydrogens (tertiary/aromatic N) is 3. The molecule has 0 spiro atoms. The number of rotatable bonds is 9. The summed E-state index contributed by atoms with van der Waals surface area (Å²) in [6, 6.07) is 7.58. The van der Waals surface area contributed by atoms with Gasteiger partial charge in [0.2, 0.25) is 11.8 Å². The minimum Gasteiger partial charge on any atom is -0.496 e. The Labute approximate surface area is 246 Å². The molecule has 1 amide bonds. The molecule has 2 fully saturated rings. The molecule has 1 atom stereocenters. The van der Waals surface area contributed by atoms with Crippen molar-refractivity contribution in [3.63, 3.8) is 0 Å². The van der Waals surface area contributed by atoms with Crippen molar-refractivity contribution in [3.8, 4) is 16.5 Å². The van der Waals surface area contributed by atoms with Gasteiger partial charge in [0.05, 0.1) is 36.2 Å². The van der Waals surface area contributed by atoms with Crippen LogP contribution in [0.15, 0.2) is 50.7 Å². The highest BCUT2D eigenvalue weighted by Gasteiger charge is 2.48. The highest BCUT2D eigenvalue weighted by Crippen LogP contribution is 2.41. The highest BCUT2D eigenvalue weighted by molar-refractivity contribution is 7.22. The number of likely N-dealkylation sites (N-methyl/N-ethyl adjacent to an activating group) is 1. The lowest BCUT2D eigenvalue weighted by molar-refractivity contribution is -0.134. The molecule has 222 valence electrons. The van der Waals surface area contributed by atoms with Gasteiger partial charge in [0, 0.05) is 25.8 Å². The second kappa shape index (κ2) is 11.5. The molecule has 2 aliphatic rings. The van der Waals surface area contributed by atoms with E-state index in [0.717, 1.165) is 24.8 Å². The van der Waals surface area contributed by atoms with Gasteiger partial charge < -0.3 is 23.9 Å². The van der Waals surface area contributed by atoms with E-state index in [1.807, 2.05) is 31.2 Å². The summed E-state index contributed by atoms with van der Waals surface area (Å²) in [6.45, 7) is 3.11. The number of aryl methyl sites for hydroxylation is 1. The summed E-state index contributed by atoms with van der Waals surface area (Å²) in [7, 11) is 3.13. The van der Waals surface area contributed by atoms with Gasteiger partial charge in [-0.3, -0.25) is 14.2 Å². The van der Waals surface area contributed by atoms with Crippen molar-refractivity contribution in [2.45, 2.75) is 63.3 Å². The van der Waals surface area contributed by atoms with E-state index in [4.69, 9.17) is 18.6 Å². The van der Waals surface area contributed by atoms with Gasteiger partial charge in [-0.05, 0) is 50.7 Å². The number of fused-ring (bicyclic) bond motifs is 1. The monoisotopic (exact) mass is 594 g/mol. The maximum atomic E-state index is 14.5. The largest absolute Gasteiger partial charge is 0.496 e. The minimum absolute atomic E-state index is 0.0810. The van der Waals surface area contributed by atoms with Crippen LogP contribution in [0.4, 0.5) is 0 Å². The summed E-state index contributed by atoms with van der Waals surface area (Å²) < 4.78 is 26.3. The zero-order valence-electron chi connectivity index (χ0n) is 23.9. The lowest BCUT2D eigenvalue weighted by Crippen LogP contribution is -2.61. The molecule has 1 aliphatic heterocycles. The number of aromatic nitrogens is 3. The first-order valence-corrected chi connectivity index (χ1v) is 15.0. The predicted octanol–water partition coefficient (Wildman–Crippen LogP) is 3.76. The van der Waals surface area contributed by atoms with E-state index in [9.17, 15) is 14.4 Å². The summed E-state index contributed by atoms with van der Waals surface area (Å²) in [5.41, 5.74) is -0.852. The quantitative estimate of drug-likeness (QED) is 0.311. The van der Waals surface area contributed by atoms with Gasteiger partial charge in [-0.15, -0.1) is 11.3 Å². The van der Waals surface area contributed by atoms with E-state index in [1.54, 1.807) is 17.9 Å². The standard InChI is InChI=1S/C30H34N4O7S/c1-18-23-26(35)34(30(11-6-12-30)28(36)31-2)29(37)33(27(23)42-24(18)25-32-13-16-40-25)17-22(41-19-9-14-39-15-10-19)20-7-4-5-8-21(20)38-3/h4-5,7-8,13,16,19,22H,6,9-12,14-15,17H2,1-3H3,(H,31,36). The lowest BCUT2D eigenvalue weighted by Gasteiger charge is -2.41. The molecule has 42 heavy (non-hydrogen) atoms. The summed E-state index contributed by atoms with van der Waals surface area (Å²) in [6.07, 6.45) is 5.33. The number of ether oxygens (including phenoxy) is 3. The van der Waals surface area contributed by atoms with Gasteiger partial charge in [-0.2, -0.15) is 0 Å². The Morgan fingerprint density at radius 2 is 2.00 bits per heavy atom. The van der Waals surface area contributed by atoms with Crippen LogP contribution in [-0.4, -0.2) is 53.5 Å². The number of carbonyl (C=O) groups is 1. The zero-order valence-corrected chi connectivity index (χ0v) is 24.7. The predicted molar refractivity (Wildman–Crippen MR) is 157 cm³/mol. The summed E-state index contributed by atoms with van der Waals surface area (Å²) in [5, 5.41) is 3.05. The first-order chi connectivity index (χ1) is 20.4. The fraction of sp³-hybridized carbons (Fsp3) is 0.467. The van der Waals surface area contributed by atoms with Gasteiger partial charge in [-0.25, -0.2) is 14.3 Å². The van der Waals surface area contributed by atoms with E-state index in [0.29, 0.717) is 58.4 Å². The molecule has 6 rings (SSSR count). The molecule has 1 N–H and O–H groups in total. The molecule has 1 unspecified atom stereocenters. The first kappa shape index (κ1) is 28.4. The van der Waals surface area contributed by atoms with Crippen LogP contribution in [0, 0.1) is 6.92 Å². The van der Waals surface area contributed by atoms with Gasteiger partial charge in [0.25, 0.3) is 5.56 Å². The van der Waals surface area contributed by atoms with Crippen LogP contribution >= 0.6 is 11.3 Å². The molecule has 12 heteroatoms. The average molecular weight is 595 g/mol. The minimum atomic E-state index is -1.25. The average Bonchev–Trinajstić information content (AvgIpc) is 3.64. The molecule has 1 saturated carbocycles. The number of carbonyl (C=O) groups excluding carboxylic acids is 1. The number of benzene rings is 1. The molecule has 11 nitrogen and oxygen atoms in total. The zero-order chi connectivity index (χ0) is 29.4. The number of amides is 1. The van der Waals surface area contributed by atoms with Crippen molar-refractivity contribution in [3.05, 3.63) is 68.7 Å². The van der Waals surface area contributed by atoms with Gasteiger partial charge >= 0.3 is 5.69 Å². The first-order valence-electron chi connectivity index (χ1n) is 14.2. The number of thiophene rings is 1. The van der Waals surface area contributed by atoms with Gasteiger partial charge in [0.15, 0.2) is 0 Å². The molecule has 0 radical (unpaired) electrons. The van der Waals surface area contributed by atoms with Crippen molar-refractivity contribution in [1.29, 1.82) is 0 Å². The van der Waals surface area contributed by atoms with Crippen LogP contribution in [0.25, 0.3) is 21.0 Å². The molecular weight excluding hydrogens is 560 g/mol. The smallest absolute Gasteiger partial charge is 0.333 e. The lowest BCUT2D eigenvalue weighted by atomic mass is 9.75. The summed E-state index contributed by atoms with van der Waals surface area (Å²) in [5.74, 6) is 0.651. The topological polar surface area (TPSA) is 127 Å². The molecule has 1 saturated heterocycles. The van der Waals surface area contributed by atoms with Crippen molar-refractivity contribution >= 4 is 27.5 Å². The third-order valence-corrected chi connectivity index (χ3v) is 9.76. The maximum absolute atomic E-state index is 14.5. The molecular formula is C30H34N4O7S. The Morgan fingerprint density at radius 1 is 1.24 bits per heavy atom. The van der Waals surface area contributed by atoms with E-state index in [1.165, 1.54) is 29.2 Å². The Bertz CT molecular complexity index is 1710. The molecule has 4 aromatic rings. The number of hydrogen-bond acceptors (Lipinski definition) is 9. The van der Waals surface area contributed by atoms with Crippen molar-refractivity contribution in [2.75, 3.05) is 27.4 Å². The van der Waals surface area contributed by atoms with E-state index in [2.05, 4.69) is 10.3 Å². The summed E-state index contributed by atoms with van der Waals surface area (Å²) in [4.78, 5) is 47.4. The third kappa shape index (κ3) is 4.67. The second-order valence-electron chi connectivity index (χ2n) is 10.8.